The number of rotatable bonds is 6. The SMILES string of the molecule is CCC(=O)Nc1cccc(NC(=O)COc2ccc(C)cc2C)c1C. The first kappa shape index (κ1) is 18.5. The molecule has 0 aliphatic rings. The van der Waals surface area contributed by atoms with E-state index in [1.54, 1.807) is 19.1 Å². The summed E-state index contributed by atoms with van der Waals surface area (Å²) in [6, 6.07) is 11.2. The molecule has 2 aromatic rings. The van der Waals surface area contributed by atoms with E-state index >= 15 is 0 Å². The molecular formula is C20H24N2O3. The van der Waals surface area contributed by atoms with E-state index in [9.17, 15) is 9.59 Å². The molecule has 0 bridgehead atoms. The van der Waals surface area contributed by atoms with Crippen LogP contribution in [0.15, 0.2) is 36.4 Å². The smallest absolute Gasteiger partial charge is 0.262 e. The third-order valence-electron chi connectivity index (χ3n) is 3.89. The second kappa shape index (κ2) is 8.33. The van der Waals surface area contributed by atoms with Gasteiger partial charge in [0.1, 0.15) is 5.75 Å². The number of amides is 2. The van der Waals surface area contributed by atoms with Crippen molar-refractivity contribution in [3.05, 3.63) is 53.1 Å². The highest BCUT2D eigenvalue weighted by molar-refractivity contribution is 5.96. The summed E-state index contributed by atoms with van der Waals surface area (Å²) in [6.07, 6.45) is 0.403. The molecule has 2 amide bonds. The molecule has 2 rings (SSSR count). The van der Waals surface area contributed by atoms with Crippen molar-refractivity contribution < 1.29 is 14.3 Å². The Hall–Kier alpha value is -2.82. The molecule has 2 aromatic carbocycles. The normalized spacial score (nSPS) is 10.2. The second-order valence-corrected chi connectivity index (χ2v) is 5.99. The second-order valence-electron chi connectivity index (χ2n) is 5.99. The lowest BCUT2D eigenvalue weighted by atomic mass is 10.1. The van der Waals surface area contributed by atoms with Crippen LogP contribution in [0, 0.1) is 20.8 Å². The average molecular weight is 340 g/mol. The van der Waals surface area contributed by atoms with Gasteiger partial charge >= 0.3 is 0 Å². The zero-order valence-corrected chi connectivity index (χ0v) is 15.1. The van der Waals surface area contributed by atoms with Crippen LogP contribution in [0.3, 0.4) is 0 Å². The van der Waals surface area contributed by atoms with Gasteiger partial charge in [-0.15, -0.1) is 0 Å². The highest BCUT2D eigenvalue weighted by Gasteiger charge is 2.10. The molecule has 0 radical (unpaired) electrons. The monoisotopic (exact) mass is 340 g/mol. The molecule has 0 aromatic heterocycles. The van der Waals surface area contributed by atoms with Crippen LogP contribution in [0.25, 0.3) is 0 Å². The van der Waals surface area contributed by atoms with Crippen molar-refractivity contribution in [2.45, 2.75) is 34.1 Å². The third kappa shape index (κ3) is 5.08. The summed E-state index contributed by atoms with van der Waals surface area (Å²) >= 11 is 0. The molecule has 25 heavy (non-hydrogen) atoms. The first-order chi connectivity index (χ1) is 11.9. The lowest BCUT2D eigenvalue weighted by Crippen LogP contribution is -2.21. The molecule has 0 aliphatic heterocycles. The van der Waals surface area contributed by atoms with Gasteiger partial charge in [-0.25, -0.2) is 0 Å². The average Bonchev–Trinajstić information content (AvgIpc) is 2.57. The van der Waals surface area contributed by atoms with E-state index < -0.39 is 0 Å². The minimum absolute atomic E-state index is 0.0650. The van der Waals surface area contributed by atoms with Gasteiger partial charge in [0.15, 0.2) is 6.61 Å². The molecule has 0 atom stereocenters. The molecule has 0 saturated heterocycles. The van der Waals surface area contributed by atoms with Crippen LogP contribution in [-0.2, 0) is 9.59 Å². The topological polar surface area (TPSA) is 67.4 Å². The first-order valence-electron chi connectivity index (χ1n) is 8.30. The molecule has 0 unspecified atom stereocenters. The number of hydrogen-bond donors (Lipinski definition) is 2. The third-order valence-corrected chi connectivity index (χ3v) is 3.89. The van der Waals surface area contributed by atoms with Crippen LogP contribution < -0.4 is 15.4 Å². The van der Waals surface area contributed by atoms with Crippen LogP contribution in [-0.4, -0.2) is 18.4 Å². The minimum atomic E-state index is -0.248. The van der Waals surface area contributed by atoms with Gasteiger partial charge in [-0.2, -0.15) is 0 Å². The predicted molar refractivity (Wildman–Crippen MR) is 100 cm³/mol. The van der Waals surface area contributed by atoms with Crippen LogP contribution >= 0.6 is 0 Å². The minimum Gasteiger partial charge on any atom is -0.483 e. The molecule has 2 N–H and O–H groups in total. The highest BCUT2D eigenvalue weighted by atomic mass is 16.5. The van der Waals surface area contributed by atoms with E-state index in [-0.39, 0.29) is 18.4 Å². The lowest BCUT2D eigenvalue weighted by Gasteiger charge is -2.14. The van der Waals surface area contributed by atoms with Gasteiger partial charge in [0.05, 0.1) is 0 Å². The van der Waals surface area contributed by atoms with Gasteiger partial charge in [0.25, 0.3) is 5.91 Å². The predicted octanol–water partition coefficient (Wildman–Crippen LogP) is 3.98. The summed E-state index contributed by atoms with van der Waals surface area (Å²) in [6.45, 7) is 7.53. The number of anilines is 2. The Kier molecular flexibility index (Phi) is 6.17. The van der Waals surface area contributed by atoms with Crippen LogP contribution in [0.5, 0.6) is 5.75 Å². The molecule has 0 aliphatic carbocycles. The van der Waals surface area contributed by atoms with Crippen molar-refractivity contribution in [2.75, 3.05) is 17.2 Å². The van der Waals surface area contributed by atoms with E-state index in [0.717, 1.165) is 16.7 Å². The standard InChI is InChI=1S/C20H24N2O3/c1-5-19(23)21-16-7-6-8-17(15(16)4)22-20(24)12-25-18-10-9-13(2)11-14(18)3/h6-11H,5,12H2,1-4H3,(H,21,23)(H,22,24). The van der Waals surface area contributed by atoms with E-state index in [1.807, 2.05) is 45.0 Å². The summed E-state index contributed by atoms with van der Waals surface area (Å²) in [5.74, 6) is 0.383. The van der Waals surface area contributed by atoms with Crippen LogP contribution in [0.2, 0.25) is 0 Å². The number of benzene rings is 2. The number of carbonyl (C=O) groups is 2. The Balaban J connectivity index is 2.00. The van der Waals surface area contributed by atoms with Gasteiger partial charge in [-0.05, 0) is 50.1 Å². The van der Waals surface area contributed by atoms with Crippen molar-refractivity contribution in [1.29, 1.82) is 0 Å². The summed E-state index contributed by atoms with van der Waals surface area (Å²) in [4.78, 5) is 23.7. The first-order valence-corrected chi connectivity index (χ1v) is 8.30. The summed E-state index contributed by atoms with van der Waals surface area (Å²) in [5.41, 5.74) is 4.30. The molecule has 5 nitrogen and oxygen atoms in total. The van der Waals surface area contributed by atoms with Crippen LogP contribution in [0.1, 0.15) is 30.0 Å². The molecule has 132 valence electrons. The molecule has 0 spiro atoms. The van der Waals surface area contributed by atoms with E-state index in [4.69, 9.17) is 4.74 Å². The fraction of sp³-hybridized carbons (Fsp3) is 0.300. The molecular weight excluding hydrogens is 316 g/mol. The van der Waals surface area contributed by atoms with Crippen molar-refractivity contribution >= 4 is 23.2 Å². The molecule has 0 fully saturated rings. The Bertz CT molecular complexity index is 785. The molecule has 0 heterocycles. The van der Waals surface area contributed by atoms with Gasteiger partial charge in [-0.3, -0.25) is 9.59 Å². The van der Waals surface area contributed by atoms with Gasteiger partial charge < -0.3 is 15.4 Å². The fourth-order valence-corrected chi connectivity index (χ4v) is 2.44. The highest BCUT2D eigenvalue weighted by Crippen LogP contribution is 2.24. The van der Waals surface area contributed by atoms with Crippen LogP contribution in [0.4, 0.5) is 11.4 Å². The molecule has 5 heteroatoms. The van der Waals surface area contributed by atoms with E-state index in [0.29, 0.717) is 23.5 Å². The zero-order chi connectivity index (χ0) is 18.4. The Labute approximate surface area is 148 Å². The maximum atomic E-state index is 12.2. The number of carbonyl (C=O) groups excluding carboxylic acids is 2. The Morgan fingerprint density at radius 1 is 0.960 bits per heavy atom. The zero-order valence-electron chi connectivity index (χ0n) is 15.1. The van der Waals surface area contributed by atoms with Crippen molar-refractivity contribution in [1.82, 2.24) is 0 Å². The Morgan fingerprint density at radius 2 is 1.60 bits per heavy atom. The quantitative estimate of drug-likeness (QED) is 0.836. The van der Waals surface area contributed by atoms with Crippen molar-refractivity contribution in [2.24, 2.45) is 0 Å². The number of ether oxygens (including phenoxy) is 1. The maximum Gasteiger partial charge on any atom is 0.262 e. The van der Waals surface area contributed by atoms with E-state index in [2.05, 4.69) is 10.6 Å². The number of hydrogen-bond acceptors (Lipinski definition) is 3. The lowest BCUT2D eigenvalue weighted by molar-refractivity contribution is -0.118. The summed E-state index contributed by atoms with van der Waals surface area (Å²) in [7, 11) is 0. The number of aryl methyl sites for hydroxylation is 2. The maximum absolute atomic E-state index is 12.2. The summed E-state index contributed by atoms with van der Waals surface area (Å²) in [5, 5.41) is 5.65. The number of nitrogens with one attached hydrogen (secondary N) is 2. The van der Waals surface area contributed by atoms with Gasteiger partial charge in [0.2, 0.25) is 5.91 Å². The van der Waals surface area contributed by atoms with Gasteiger partial charge in [0, 0.05) is 17.8 Å². The van der Waals surface area contributed by atoms with E-state index in [1.165, 1.54) is 0 Å². The van der Waals surface area contributed by atoms with Gasteiger partial charge in [-0.1, -0.05) is 30.7 Å². The largest absolute Gasteiger partial charge is 0.483 e. The van der Waals surface area contributed by atoms with Crippen molar-refractivity contribution in [3.8, 4) is 5.75 Å². The Morgan fingerprint density at radius 3 is 2.20 bits per heavy atom. The fourth-order valence-electron chi connectivity index (χ4n) is 2.44. The van der Waals surface area contributed by atoms with Crippen molar-refractivity contribution in [3.63, 3.8) is 0 Å². The summed E-state index contributed by atoms with van der Waals surface area (Å²) < 4.78 is 5.60. The molecule has 0 saturated carbocycles.